The maximum Gasteiger partial charge on any atom is 0.320 e. The van der Waals surface area contributed by atoms with E-state index in [1.165, 1.54) is 22.1 Å². The molecule has 8 nitrogen and oxygen atoms in total. The molecule has 0 aliphatic carbocycles. The van der Waals surface area contributed by atoms with E-state index in [1.54, 1.807) is 18.5 Å². The van der Waals surface area contributed by atoms with Crippen LogP contribution < -0.4 is 10.6 Å². The number of amides is 2. The monoisotopic (exact) mass is 377 g/mol. The Morgan fingerprint density at radius 1 is 1.21 bits per heavy atom. The SMILES string of the molecule is Cc1ccc(CN2CCC(NC(=O)Nc3cnn(-c4cccnc4)n3)C2)cc1. The molecule has 2 N–H and O–H groups in total. The van der Waals surface area contributed by atoms with Crippen LogP contribution in [0.2, 0.25) is 0 Å². The minimum absolute atomic E-state index is 0.124. The summed E-state index contributed by atoms with van der Waals surface area (Å²) in [6.07, 6.45) is 5.79. The van der Waals surface area contributed by atoms with E-state index in [4.69, 9.17) is 0 Å². The van der Waals surface area contributed by atoms with Gasteiger partial charge in [0.25, 0.3) is 0 Å². The lowest BCUT2D eigenvalue weighted by molar-refractivity contribution is 0.247. The van der Waals surface area contributed by atoms with Gasteiger partial charge < -0.3 is 5.32 Å². The van der Waals surface area contributed by atoms with Crippen molar-refractivity contribution in [2.75, 3.05) is 18.4 Å². The summed E-state index contributed by atoms with van der Waals surface area (Å²) in [6, 6.07) is 12.1. The third-order valence-corrected chi connectivity index (χ3v) is 4.74. The van der Waals surface area contributed by atoms with E-state index in [0.717, 1.165) is 31.7 Å². The first-order chi connectivity index (χ1) is 13.7. The predicted molar refractivity (Wildman–Crippen MR) is 106 cm³/mol. The molecule has 2 aromatic heterocycles. The Labute approximate surface area is 163 Å². The first-order valence-electron chi connectivity index (χ1n) is 9.34. The molecule has 1 aliphatic heterocycles. The molecule has 144 valence electrons. The number of aryl methyl sites for hydroxylation is 1. The van der Waals surface area contributed by atoms with Gasteiger partial charge in [-0.05, 0) is 31.0 Å². The first kappa shape index (κ1) is 18.1. The van der Waals surface area contributed by atoms with Gasteiger partial charge in [-0.25, -0.2) is 4.79 Å². The molecule has 3 aromatic rings. The van der Waals surface area contributed by atoms with Crippen LogP contribution in [0.3, 0.4) is 0 Å². The summed E-state index contributed by atoms with van der Waals surface area (Å²) in [7, 11) is 0. The summed E-state index contributed by atoms with van der Waals surface area (Å²) in [5.74, 6) is 0.399. The van der Waals surface area contributed by atoms with Crippen LogP contribution in [0.5, 0.6) is 0 Å². The van der Waals surface area contributed by atoms with Crippen LogP contribution in [-0.2, 0) is 6.54 Å². The second-order valence-electron chi connectivity index (χ2n) is 7.04. The number of rotatable bonds is 5. The highest BCUT2D eigenvalue weighted by atomic mass is 16.2. The molecular weight excluding hydrogens is 354 g/mol. The molecule has 28 heavy (non-hydrogen) atoms. The molecule has 8 heteroatoms. The summed E-state index contributed by atoms with van der Waals surface area (Å²) in [5.41, 5.74) is 3.29. The molecule has 1 unspecified atom stereocenters. The number of urea groups is 1. The Bertz CT molecular complexity index is 923. The summed E-state index contributed by atoms with van der Waals surface area (Å²) in [5, 5.41) is 14.2. The highest BCUT2D eigenvalue weighted by Gasteiger charge is 2.24. The summed E-state index contributed by atoms with van der Waals surface area (Å²) >= 11 is 0. The average Bonchev–Trinajstić information content (AvgIpc) is 3.34. The zero-order chi connectivity index (χ0) is 19.3. The quantitative estimate of drug-likeness (QED) is 0.713. The van der Waals surface area contributed by atoms with E-state index in [1.807, 2.05) is 6.07 Å². The Balaban J connectivity index is 1.26. The number of hydrogen-bond acceptors (Lipinski definition) is 5. The van der Waals surface area contributed by atoms with Gasteiger partial charge in [0.2, 0.25) is 0 Å². The lowest BCUT2D eigenvalue weighted by atomic mass is 10.1. The lowest BCUT2D eigenvalue weighted by Crippen LogP contribution is -2.39. The zero-order valence-corrected chi connectivity index (χ0v) is 15.7. The molecule has 1 fully saturated rings. The molecule has 0 spiro atoms. The summed E-state index contributed by atoms with van der Waals surface area (Å²) in [4.78, 5) is 20.1. The van der Waals surface area contributed by atoms with Crippen molar-refractivity contribution in [2.24, 2.45) is 0 Å². The van der Waals surface area contributed by atoms with E-state index in [9.17, 15) is 4.79 Å². The predicted octanol–water partition coefficient (Wildman–Crippen LogP) is 2.37. The van der Waals surface area contributed by atoms with Crippen LogP contribution in [0.25, 0.3) is 5.69 Å². The molecule has 4 rings (SSSR count). The summed E-state index contributed by atoms with van der Waals surface area (Å²) in [6.45, 7) is 4.80. The minimum Gasteiger partial charge on any atom is -0.334 e. The van der Waals surface area contributed by atoms with Gasteiger partial charge in [0.05, 0.1) is 12.4 Å². The molecule has 2 amide bonds. The zero-order valence-electron chi connectivity index (χ0n) is 15.7. The van der Waals surface area contributed by atoms with Crippen LogP contribution in [0, 0.1) is 6.92 Å². The highest BCUT2D eigenvalue weighted by Crippen LogP contribution is 2.14. The van der Waals surface area contributed by atoms with Crippen molar-refractivity contribution in [1.29, 1.82) is 0 Å². The van der Waals surface area contributed by atoms with Gasteiger partial charge in [0.15, 0.2) is 5.82 Å². The number of carbonyl (C=O) groups excluding carboxylic acids is 1. The van der Waals surface area contributed by atoms with Crippen molar-refractivity contribution >= 4 is 11.8 Å². The van der Waals surface area contributed by atoms with Crippen molar-refractivity contribution in [3.8, 4) is 5.69 Å². The summed E-state index contributed by atoms with van der Waals surface area (Å²) < 4.78 is 0. The molecule has 0 radical (unpaired) electrons. The van der Waals surface area contributed by atoms with Gasteiger partial charge in [-0.3, -0.25) is 15.2 Å². The van der Waals surface area contributed by atoms with Gasteiger partial charge in [-0.1, -0.05) is 29.8 Å². The van der Waals surface area contributed by atoms with Crippen LogP contribution in [-0.4, -0.2) is 50.0 Å². The maximum absolute atomic E-state index is 12.3. The van der Waals surface area contributed by atoms with E-state index in [-0.39, 0.29) is 12.1 Å². The fourth-order valence-corrected chi connectivity index (χ4v) is 3.30. The number of benzene rings is 1. The number of aromatic nitrogens is 4. The fourth-order valence-electron chi connectivity index (χ4n) is 3.30. The Hall–Kier alpha value is -3.26. The topological polar surface area (TPSA) is 88.0 Å². The minimum atomic E-state index is -0.263. The molecule has 1 aliphatic rings. The van der Waals surface area contributed by atoms with Gasteiger partial charge in [0.1, 0.15) is 5.69 Å². The maximum atomic E-state index is 12.3. The van der Waals surface area contributed by atoms with Crippen LogP contribution in [0.15, 0.2) is 55.0 Å². The molecule has 1 atom stereocenters. The second-order valence-corrected chi connectivity index (χ2v) is 7.04. The normalized spacial score (nSPS) is 16.8. The van der Waals surface area contributed by atoms with Crippen LogP contribution in [0.4, 0.5) is 10.6 Å². The van der Waals surface area contributed by atoms with Gasteiger partial charge in [-0.2, -0.15) is 5.10 Å². The number of hydrogen-bond donors (Lipinski definition) is 2. The van der Waals surface area contributed by atoms with Crippen LogP contribution >= 0.6 is 0 Å². The van der Waals surface area contributed by atoms with Crippen molar-refractivity contribution in [1.82, 2.24) is 30.2 Å². The largest absolute Gasteiger partial charge is 0.334 e. The number of nitrogens with zero attached hydrogens (tertiary/aromatic N) is 5. The van der Waals surface area contributed by atoms with E-state index < -0.39 is 0 Å². The first-order valence-corrected chi connectivity index (χ1v) is 9.34. The number of likely N-dealkylation sites (tertiary alicyclic amines) is 1. The lowest BCUT2D eigenvalue weighted by Gasteiger charge is -2.17. The van der Waals surface area contributed by atoms with Crippen LogP contribution in [0.1, 0.15) is 17.5 Å². The Morgan fingerprint density at radius 3 is 2.86 bits per heavy atom. The number of carbonyl (C=O) groups is 1. The smallest absolute Gasteiger partial charge is 0.320 e. The van der Waals surface area contributed by atoms with Gasteiger partial charge >= 0.3 is 6.03 Å². The van der Waals surface area contributed by atoms with E-state index in [2.05, 4.69) is 61.9 Å². The fraction of sp³-hybridized carbons (Fsp3) is 0.300. The van der Waals surface area contributed by atoms with Crippen molar-refractivity contribution in [2.45, 2.75) is 25.9 Å². The van der Waals surface area contributed by atoms with Gasteiger partial charge in [0, 0.05) is 31.9 Å². The number of pyridine rings is 1. The molecule has 0 bridgehead atoms. The van der Waals surface area contributed by atoms with Crippen molar-refractivity contribution in [3.63, 3.8) is 0 Å². The second kappa shape index (κ2) is 8.18. The molecule has 1 aromatic carbocycles. The molecular formula is C20H23N7O. The Kier molecular flexibility index (Phi) is 5.29. The molecule has 0 saturated carbocycles. The third-order valence-electron chi connectivity index (χ3n) is 4.74. The highest BCUT2D eigenvalue weighted by molar-refractivity contribution is 5.88. The van der Waals surface area contributed by atoms with E-state index in [0.29, 0.717) is 5.82 Å². The van der Waals surface area contributed by atoms with Crippen molar-refractivity contribution < 1.29 is 4.79 Å². The van der Waals surface area contributed by atoms with Crippen molar-refractivity contribution in [3.05, 3.63) is 66.1 Å². The third kappa shape index (κ3) is 4.52. The average molecular weight is 377 g/mol. The number of nitrogens with one attached hydrogen (secondary N) is 2. The molecule has 1 saturated heterocycles. The number of anilines is 1. The Morgan fingerprint density at radius 2 is 2.07 bits per heavy atom. The molecule has 3 heterocycles. The van der Waals surface area contributed by atoms with Gasteiger partial charge in [-0.15, -0.1) is 9.90 Å². The standard InChI is InChI=1S/C20H23N7O/c1-15-4-6-16(7-5-15)13-26-10-8-17(14-26)23-20(28)24-19-12-22-27(25-19)18-3-2-9-21-11-18/h2-7,9,11-12,17H,8,10,13-14H2,1H3,(H2,23,24,25,28). The van der Waals surface area contributed by atoms with E-state index >= 15 is 0 Å².